The average Bonchev–Trinajstić information content (AvgIpc) is 2.20. The van der Waals surface area contributed by atoms with E-state index in [1.165, 1.54) is 10.4 Å². The van der Waals surface area contributed by atoms with Gasteiger partial charge in [-0.25, -0.2) is 12.7 Å². The number of benzene rings is 1. The van der Waals surface area contributed by atoms with Crippen LogP contribution in [-0.4, -0.2) is 26.3 Å². The number of nitrogen functional groups attached to an aromatic ring is 1. The molecule has 2 N–H and O–H groups in total. The number of hydrogen-bond acceptors (Lipinski definition) is 3. The van der Waals surface area contributed by atoms with Gasteiger partial charge in [-0.1, -0.05) is 6.92 Å². The summed E-state index contributed by atoms with van der Waals surface area (Å²) < 4.78 is 25.1. The van der Waals surface area contributed by atoms with Crippen LogP contribution in [-0.2, 0) is 10.0 Å². The Labute approximate surface area is 90.8 Å². The molecular weight excluding hydrogens is 212 g/mol. The van der Waals surface area contributed by atoms with Gasteiger partial charge in [0.2, 0.25) is 10.0 Å². The molecule has 0 saturated carbocycles. The largest absolute Gasteiger partial charge is 0.399 e. The second-order valence-electron chi connectivity index (χ2n) is 3.44. The lowest BCUT2D eigenvalue weighted by Gasteiger charge is -2.15. The number of hydrogen-bond donors (Lipinski definition) is 1. The molecule has 0 spiro atoms. The fraction of sp³-hybridized carbons (Fsp3) is 0.400. The van der Waals surface area contributed by atoms with Gasteiger partial charge in [-0.3, -0.25) is 0 Å². The molecule has 0 fully saturated rings. The zero-order chi connectivity index (χ0) is 11.6. The highest BCUT2D eigenvalue weighted by molar-refractivity contribution is 7.89. The molecule has 0 saturated heterocycles. The lowest BCUT2D eigenvalue weighted by Crippen LogP contribution is -2.26. The van der Waals surface area contributed by atoms with Crippen molar-refractivity contribution in [1.29, 1.82) is 0 Å². The Hall–Kier alpha value is -1.07. The van der Waals surface area contributed by atoms with Gasteiger partial charge in [0.05, 0.1) is 4.90 Å². The van der Waals surface area contributed by atoms with E-state index in [2.05, 4.69) is 0 Å². The first-order valence-electron chi connectivity index (χ1n) is 4.72. The number of rotatable bonds is 3. The molecule has 0 amide bonds. The molecule has 0 aliphatic rings. The highest BCUT2D eigenvalue weighted by atomic mass is 32.2. The van der Waals surface area contributed by atoms with E-state index in [0.29, 0.717) is 17.1 Å². The maximum absolute atomic E-state index is 11.9. The maximum atomic E-state index is 11.9. The van der Waals surface area contributed by atoms with Crippen molar-refractivity contribution in [2.24, 2.45) is 0 Å². The van der Waals surface area contributed by atoms with E-state index in [9.17, 15) is 8.42 Å². The van der Waals surface area contributed by atoms with Gasteiger partial charge in [0.15, 0.2) is 0 Å². The first-order valence-corrected chi connectivity index (χ1v) is 6.16. The predicted molar refractivity (Wildman–Crippen MR) is 61.1 cm³/mol. The minimum absolute atomic E-state index is 0.290. The lowest BCUT2D eigenvalue weighted by atomic mass is 10.2. The van der Waals surface area contributed by atoms with Gasteiger partial charge in [0.1, 0.15) is 0 Å². The van der Waals surface area contributed by atoms with Crippen LogP contribution in [0.15, 0.2) is 23.1 Å². The normalized spacial score (nSPS) is 12.0. The Bertz CT molecular complexity index is 454. The van der Waals surface area contributed by atoms with Crippen molar-refractivity contribution in [3.8, 4) is 0 Å². The van der Waals surface area contributed by atoms with Crippen molar-refractivity contribution in [3.05, 3.63) is 23.8 Å². The molecule has 84 valence electrons. The topological polar surface area (TPSA) is 63.4 Å². The van der Waals surface area contributed by atoms with Crippen LogP contribution in [0.4, 0.5) is 5.69 Å². The molecule has 0 aliphatic heterocycles. The van der Waals surface area contributed by atoms with Gasteiger partial charge < -0.3 is 5.73 Å². The van der Waals surface area contributed by atoms with Crippen molar-refractivity contribution in [2.45, 2.75) is 18.7 Å². The number of aryl methyl sites for hydroxylation is 1. The summed E-state index contributed by atoms with van der Waals surface area (Å²) in [4.78, 5) is 0.290. The fourth-order valence-electron chi connectivity index (χ4n) is 1.16. The second-order valence-corrected chi connectivity index (χ2v) is 5.48. The molecule has 15 heavy (non-hydrogen) atoms. The third kappa shape index (κ3) is 2.30. The molecule has 0 bridgehead atoms. The van der Waals surface area contributed by atoms with Gasteiger partial charge >= 0.3 is 0 Å². The van der Waals surface area contributed by atoms with Gasteiger partial charge in [0, 0.05) is 19.3 Å². The van der Waals surface area contributed by atoms with E-state index in [0.717, 1.165) is 5.56 Å². The molecule has 0 unspecified atom stereocenters. The quantitative estimate of drug-likeness (QED) is 0.791. The van der Waals surface area contributed by atoms with E-state index < -0.39 is 10.0 Å². The molecule has 5 heteroatoms. The van der Waals surface area contributed by atoms with Crippen LogP contribution in [0.1, 0.15) is 12.5 Å². The van der Waals surface area contributed by atoms with E-state index in [4.69, 9.17) is 5.73 Å². The Morgan fingerprint density at radius 3 is 2.47 bits per heavy atom. The Morgan fingerprint density at radius 2 is 2.00 bits per heavy atom. The molecule has 4 nitrogen and oxygen atoms in total. The van der Waals surface area contributed by atoms with Gasteiger partial charge in [-0.2, -0.15) is 0 Å². The molecule has 1 aromatic rings. The molecule has 0 radical (unpaired) electrons. The van der Waals surface area contributed by atoms with Crippen LogP contribution in [0.2, 0.25) is 0 Å². The van der Waals surface area contributed by atoms with Gasteiger partial charge in [-0.15, -0.1) is 0 Å². The first kappa shape index (κ1) is 12.0. The molecule has 1 aromatic carbocycles. The zero-order valence-electron chi connectivity index (χ0n) is 9.19. The van der Waals surface area contributed by atoms with Crippen molar-refractivity contribution in [2.75, 3.05) is 19.3 Å². The molecule has 0 aromatic heterocycles. The molecule has 0 atom stereocenters. The number of nitrogens with two attached hydrogens (primary N) is 1. The summed E-state index contributed by atoms with van der Waals surface area (Å²) in [7, 11) is -1.79. The van der Waals surface area contributed by atoms with E-state index in [1.807, 2.05) is 0 Å². The van der Waals surface area contributed by atoms with E-state index >= 15 is 0 Å². The van der Waals surface area contributed by atoms with Gasteiger partial charge in [0.25, 0.3) is 0 Å². The molecule has 1 rings (SSSR count). The van der Waals surface area contributed by atoms with Crippen LogP contribution in [0.25, 0.3) is 0 Å². The summed E-state index contributed by atoms with van der Waals surface area (Å²) in [6, 6.07) is 4.74. The first-order chi connectivity index (χ1) is 6.89. The maximum Gasteiger partial charge on any atom is 0.242 e. The van der Waals surface area contributed by atoms with Crippen LogP contribution in [0.5, 0.6) is 0 Å². The molecule has 0 aliphatic carbocycles. The van der Waals surface area contributed by atoms with E-state index in [-0.39, 0.29) is 0 Å². The van der Waals surface area contributed by atoms with Crippen LogP contribution < -0.4 is 5.73 Å². The number of anilines is 1. The van der Waals surface area contributed by atoms with Crippen LogP contribution in [0, 0.1) is 6.92 Å². The summed E-state index contributed by atoms with van der Waals surface area (Å²) >= 11 is 0. The minimum atomic E-state index is -3.35. The van der Waals surface area contributed by atoms with Crippen molar-refractivity contribution in [3.63, 3.8) is 0 Å². The smallest absolute Gasteiger partial charge is 0.242 e. The summed E-state index contributed by atoms with van der Waals surface area (Å²) in [6.07, 6.45) is 0. The van der Waals surface area contributed by atoms with Crippen LogP contribution >= 0.6 is 0 Å². The molecule has 0 heterocycles. The summed E-state index contributed by atoms with van der Waals surface area (Å²) in [5, 5.41) is 0. The number of nitrogens with zero attached hydrogens (tertiary/aromatic N) is 1. The Kier molecular flexibility index (Phi) is 3.36. The fourth-order valence-corrected chi connectivity index (χ4v) is 2.42. The second kappa shape index (κ2) is 4.20. The monoisotopic (exact) mass is 228 g/mol. The highest BCUT2D eigenvalue weighted by Crippen LogP contribution is 2.19. The summed E-state index contributed by atoms with van der Waals surface area (Å²) in [5.41, 5.74) is 7.02. The number of sulfonamides is 1. The Morgan fingerprint density at radius 1 is 1.40 bits per heavy atom. The Balaban J connectivity index is 3.23. The molecular formula is C10H16N2O2S. The standard InChI is InChI=1S/C10H16N2O2S/c1-4-12(3)15(13,14)9-5-6-10(11)8(2)7-9/h5-7H,4,11H2,1-3H3. The summed E-state index contributed by atoms with van der Waals surface area (Å²) in [5.74, 6) is 0. The van der Waals surface area contributed by atoms with E-state index in [1.54, 1.807) is 33.0 Å². The lowest BCUT2D eigenvalue weighted by molar-refractivity contribution is 0.486. The predicted octanol–water partition coefficient (Wildman–Crippen LogP) is 1.22. The average molecular weight is 228 g/mol. The van der Waals surface area contributed by atoms with Crippen molar-refractivity contribution >= 4 is 15.7 Å². The minimum Gasteiger partial charge on any atom is -0.399 e. The SMILES string of the molecule is CCN(C)S(=O)(=O)c1ccc(N)c(C)c1. The van der Waals surface area contributed by atoms with Gasteiger partial charge in [-0.05, 0) is 30.7 Å². The van der Waals surface area contributed by atoms with Crippen molar-refractivity contribution in [1.82, 2.24) is 4.31 Å². The third-order valence-electron chi connectivity index (χ3n) is 2.39. The highest BCUT2D eigenvalue weighted by Gasteiger charge is 2.19. The third-order valence-corrected chi connectivity index (χ3v) is 4.32. The summed E-state index contributed by atoms with van der Waals surface area (Å²) in [6.45, 7) is 4.04. The van der Waals surface area contributed by atoms with Crippen molar-refractivity contribution < 1.29 is 8.42 Å². The zero-order valence-corrected chi connectivity index (χ0v) is 10.0. The van der Waals surface area contributed by atoms with Crippen LogP contribution in [0.3, 0.4) is 0 Å².